The Hall–Kier alpha value is -2.23. The van der Waals surface area contributed by atoms with E-state index in [1.165, 1.54) is 11.3 Å². The van der Waals surface area contributed by atoms with Gasteiger partial charge in [0.2, 0.25) is 0 Å². The van der Waals surface area contributed by atoms with E-state index in [9.17, 15) is 10.1 Å². The summed E-state index contributed by atoms with van der Waals surface area (Å²) >= 11 is 1.37. The van der Waals surface area contributed by atoms with Gasteiger partial charge in [-0.1, -0.05) is 6.07 Å². The molecule has 3 aliphatic heterocycles. The molecule has 3 aliphatic rings. The highest BCUT2D eigenvalue weighted by molar-refractivity contribution is 7.17. The van der Waals surface area contributed by atoms with Gasteiger partial charge < -0.3 is 10.2 Å². The third kappa shape index (κ3) is 2.81. The first-order valence-electron chi connectivity index (χ1n) is 8.22. The predicted octanol–water partition coefficient (Wildman–Crippen LogP) is 2.51. The van der Waals surface area contributed by atoms with Crippen molar-refractivity contribution in [3.05, 3.63) is 41.0 Å². The number of nitriles is 1. The molecule has 0 spiro atoms. The highest BCUT2D eigenvalue weighted by Crippen LogP contribution is 2.32. The van der Waals surface area contributed by atoms with Crippen molar-refractivity contribution >= 4 is 17.2 Å². The van der Waals surface area contributed by atoms with Gasteiger partial charge in [0.15, 0.2) is 0 Å². The molecule has 5 heterocycles. The van der Waals surface area contributed by atoms with E-state index in [1.807, 2.05) is 12.1 Å². The van der Waals surface area contributed by atoms with Crippen molar-refractivity contribution in [1.29, 1.82) is 5.26 Å². The predicted molar refractivity (Wildman–Crippen MR) is 92.7 cm³/mol. The maximum absolute atomic E-state index is 12.7. The maximum atomic E-state index is 12.7. The van der Waals surface area contributed by atoms with Gasteiger partial charge in [-0.05, 0) is 44.0 Å². The largest absolute Gasteiger partial charge is 0.347 e. The molecule has 2 bridgehead atoms. The van der Waals surface area contributed by atoms with Crippen LogP contribution in [0.5, 0.6) is 0 Å². The number of hydrogen-bond donors (Lipinski definition) is 1. The van der Waals surface area contributed by atoms with Crippen LogP contribution >= 0.6 is 11.3 Å². The number of nitrogens with zero attached hydrogens (tertiary/aromatic N) is 3. The number of hydrogen-bond acceptors (Lipinski definition) is 5. The fraction of sp³-hybridized carbons (Fsp3) is 0.389. The Morgan fingerprint density at radius 3 is 2.88 bits per heavy atom. The molecule has 0 saturated carbocycles. The summed E-state index contributed by atoms with van der Waals surface area (Å²) in [4.78, 5) is 20.7. The number of amides is 1. The van der Waals surface area contributed by atoms with Gasteiger partial charge in [-0.2, -0.15) is 5.26 Å². The summed E-state index contributed by atoms with van der Waals surface area (Å²) in [7, 11) is 0. The number of fused-ring (bicyclic) bond motifs is 3. The van der Waals surface area contributed by atoms with Gasteiger partial charge in [0.1, 0.15) is 10.9 Å². The molecule has 24 heavy (non-hydrogen) atoms. The lowest BCUT2D eigenvalue weighted by molar-refractivity contribution is 0.0622. The van der Waals surface area contributed by atoms with Crippen molar-refractivity contribution in [2.24, 2.45) is 5.92 Å². The Balaban J connectivity index is 1.56. The lowest BCUT2D eigenvalue weighted by Gasteiger charge is -2.44. The highest BCUT2D eigenvalue weighted by atomic mass is 32.1. The van der Waals surface area contributed by atoms with Crippen LogP contribution in [0, 0.1) is 17.2 Å². The Labute approximate surface area is 144 Å². The Bertz CT molecular complexity index is 787. The molecule has 122 valence electrons. The van der Waals surface area contributed by atoms with Crippen LogP contribution in [-0.4, -0.2) is 41.5 Å². The van der Waals surface area contributed by atoms with Crippen molar-refractivity contribution < 1.29 is 4.79 Å². The zero-order valence-electron chi connectivity index (χ0n) is 13.2. The van der Waals surface area contributed by atoms with Gasteiger partial charge in [0, 0.05) is 35.4 Å². The number of thiophene rings is 1. The average Bonchev–Trinajstić information content (AvgIpc) is 3.08. The van der Waals surface area contributed by atoms with Crippen LogP contribution in [0.2, 0.25) is 0 Å². The summed E-state index contributed by atoms with van der Waals surface area (Å²) in [6.07, 6.45) is 5.77. The normalized spacial score (nSPS) is 25.2. The molecular weight excluding hydrogens is 320 g/mol. The Morgan fingerprint density at radius 2 is 2.25 bits per heavy atom. The van der Waals surface area contributed by atoms with E-state index in [1.54, 1.807) is 18.5 Å². The van der Waals surface area contributed by atoms with Gasteiger partial charge >= 0.3 is 0 Å². The van der Waals surface area contributed by atoms with Crippen LogP contribution in [0.25, 0.3) is 10.4 Å². The van der Waals surface area contributed by atoms with Crippen LogP contribution < -0.4 is 5.32 Å². The quantitative estimate of drug-likeness (QED) is 0.933. The molecule has 0 radical (unpaired) electrons. The summed E-state index contributed by atoms with van der Waals surface area (Å²) in [5.41, 5.74) is 1.37. The molecule has 2 aromatic heterocycles. The third-order valence-electron chi connectivity index (χ3n) is 4.98. The number of pyridine rings is 1. The van der Waals surface area contributed by atoms with Gasteiger partial charge in [0.05, 0.1) is 5.56 Å². The fourth-order valence-corrected chi connectivity index (χ4v) is 4.66. The van der Waals surface area contributed by atoms with E-state index in [0.717, 1.165) is 42.9 Å². The summed E-state index contributed by atoms with van der Waals surface area (Å²) in [6.45, 7) is 3.22. The first-order valence-corrected chi connectivity index (χ1v) is 9.04. The fourth-order valence-electron chi connectivity index (χ4n) is 3.66. The van der Waals surface area contributed by atoms with Crippen LogP contribution in [-0.2, 0) is 0 Å². The SMILES string of the molecule is N#Cc1cc(-c2cccnc2)sc1C(=O)NC1CN2CCC1CC2. The van der Waals surface area contributed by atoms with Crippen molar-refractivity contribution in [2.75, 3.05) is 19.6 Å². The first kappa shape index (κ1) is 15.3. The maximum Gasteiger partial charge on any atom is 0.263 e. The van der Waals surface area contributed by atoms with E-state index < -0.39 is 0 Å². The van der Waals surface area contributed by atoms with Crippen molar-refractivity contribution in [3.8, 4) is 16.5 Å². The van der Waals surface area contributed by atoms with Crippen LogP contribution in [0.1, 0.15) is 28.1 Å². The monoisotopic (exact) mass is 338 g/mol. The number of carbonyl (C=O) groups excluding carboxylic acids is 1. The van der Waals surface area contributed by atoms with Crippen LogP contribution in [0.4, 0.5) is 0 Å². The minimum absolute atomic E-state index is 0.120. The molecular formula is C18H18N4OS. The third-order valence-corrected chi connectivity index (χ3v) is 6.16. The molecule has 2 aromatic rings. The Morgan fingerprint density at radius 1 is 1.42 bits per heavy atom. The van der Waals surface area contributed by atoms with Crippen molar-refractivity contribution in [1.82, 2.24) is 15.2 Å². The first-order chi connectivity index (χ1) is 11.7. The lowest BCUT2D eigenvalue weighted by atomic mass is 9.84. The molecule has 5 nitrogen and oxygen atoms in total. The molecule has 3 saturated heterocycles. The van der Waals surface area contributed by atoms with E-state index in [2.05, 4.69) is 21.3 Å². The number of aromatic nitrogens is 1. The molecule has 0 aromatic carbocycles. The van der Waals surface area contributed by atoms with Gasteiger partial charge in [0.25, 0.3) is 5.91 Å². The standard InChI is InChI=1S/C18H18N4OS/c19-9-14-8-16(13-2-1-5-20-10-13)24-17(14)18(23)21-15-11-22-6-3-12(15)4-7-22/h1-2,5,8,10,12,15H,3-4,6-7,11H2,(H,21,23). The number of nitrogens with one attached hydrogen (secondary N) is 1. The van der Waals surface area contributed by atoms with E-state index >= 15 is 0 Å². The summed E-state index contributed by atoms with van der Waals surface area (Å²) in [5.74, 6) is 0.452. The molecule has 1 atom stereocenters. The second-order valence-corrected chi connectivity index (χ2v) is 7.48. The van der Waals surface area contributed by atoms with E-state index in [4.69, 9.17) is 0 Å². The second kappa shape index (κ2) is 6.34. The molecule has 1 amide bonds. The summed E-state index contributed by atoms with van der Waals surface area (Å²) in [5, 5.41) is 12.6. The minimum Gasteiger partial charge on any atom is -0.347 e. The molecule has 5 rings (SSSR count). The van der Waals surface area contributed by atoms with Gasteiger partial charge in [-0.15, -0.1) is 11.3 Å². The second-order valence-electron chi connectivity index (χ2n) is 6.42. The number of carbonyl (C=O) groups is 1. The summed E-state index contributed by atoms with van der Waals surface area (Å²) < 4.78 is 0. The molecule has 3 fully saturated rings. The van der Waals surface area contributed by atoms with E-state index in [0.29, 0.717) is 16.4 Å². The summed E-state index contributed by atoms with van der Waals surface area (Å²) in [6, 6.07) is 7.94. The molecule has 1 N–H and O–H groups in total. The molecule has 0 aliphatic carbocycles. The number of piperidine rings is 3. The lowest BCUT2D eigenvalue weighted by Crippen LogP contribution is -2.57. The van der Waals surface area contributed by atoms with E-state index in [-0.39, 0.29) is 11.9 Å². The van der Waals surface area contributed by atoms with Crippen molar-refractivity contribution in [3.63, 3.8) is 0 Å². The van der Waals surface area contributed by atoms with Crippen LogP contribution in [0.3, 0.4) is 0 Å². The molecule has 1 unspecified atom stereocenters. The zero-order valence-corrected chi connectivity index (χ0v) is 14.1. The van der Waals surface area contributed by atoms with Crippen LogP contribution in [0.15, 0.2) is 30.6 Å². The zero-order chi connectivity index (χ0) is 16.5. The number of rotatable bonds is 3. The molecule has 6 heteroatoms. The minimum atomic E-state index is -0.120. The highest BCUT2D eigenvalue weighted by Gasteiger charge is 2.35. The topological polar surface area (TPSA) is 69.0 Å². The van der Waals surface area contributed by atoms with Crippen molar-refractivity contribution in [2.45, 2.75) is 18.9 Å². The Kier molecular flexibility index (Phi) is 4.05. The van der Waals surface area contributed by atoms with Gasteiger partial charge in [-0.25, -0.2) is 0 Å². The average molecular weight is 338 g/mol. The smallest absolute Gasteiger partial charge is 0.263 e. The van der Waals surface area contributed by atoms with Gasteiger partial charge in [-0.3, -0.25) is 9.78 Å².